The molecular formula is C10H10N4O. The maximum absolute atomic E-state index is 5.95. The Labute approximate surface area is 86.3 Å². The van der Waals surface area contributed by atoms with E-state index in [1.165, 1.54) is 0 Å². The summed E-state index contributed by atoms with van der Waals surface area (Å²) in [6, 6.07) is 3.72. The zero-order valence-electron chi connectivity index (χ0n) is 8.05. The average molecular weight is 202 g/mol. The van der Waals surface area contributed by atoms with Crippen molar-refractivity contribution in [1.82, 2.24) is 15.1 Å². The molecule has 0 aliphatic heterocycles. The van der Waals surface area contributed by atoms with Crippen LogP contribution in [0.2, 0.25) is 0 Å². The molecule has 76 valence electrons. The molecule has 5 nitrogen and oxygen atoms in total. The average Bonchev–Trinajstić information content (AvgIpc) is 2.85. The summed E-state index contributed by atoms with van der Waals surface area (Å²) in [5, 5.41) is 3.89. The molecule has 0 amide bonds. The Hall–Kier alpha value is -1.75. The van der Waals surface area contributed by atoms with Gasteiger partial charge < -0.3 is 10.3 Å². The third-order valence-corrected chi connectivity index (χ3v) is 2.56. The second-order valence-electron chi connectivity index (χ2n) is 3.82. The molecule has 0 aromatic carbocycles. The minimum absolute atomic E-state index is 0.368. The number of hydrogen-bond donors (Lipinski definition) is 1. The first-order valence-corrected chi connectivity index (χ1v) is 4.81. The second kappa shape index (κ2) is 2.87. The summed E-state index contributed by atoms with van der Waals surface area (Å²) in [5.74, 6) is 1.08. The second-order valence-corrected chi connectivity index (χ2v) is 3.82. The molecule has 2 aromatic heterocycles. The molecule has 3 rings (SSSR count). The van der Waals surface area contributed by atoms with Crippen LogP contribution in [-0.2, 0) is 5.54 Å². The topological polar surface area (TPSA) is 77.8 Å². The van der Waals surface area contributed by atoms with Crippen molar-refractivity contribution in [2.24, 2.45) is 5.73 Å². The van der Waals surface area contributed by atoms with Crippen LogP contribution in [0.1, 0.15) is 18.7 Å². The number of pyridine rings is 1. The van der Waals surface area contributed by atoms with E-state index in [1.54, 1.807) is 12.4 Å². The van der Waals surface area contributed by atoms with E-state index in [2.05, 4.69) is 15.1 Å². The molecule has 0 saturated heterocycles. The fraction of sp³-hybridized carbons (Fsp3) is 0.300. The third kappa shape index (κ3) is 1.41. The van der Waals surface area contributed by atoms with Crippen LogP contribution in [0.5, 0.6) is 0 Å². The Morgan fingerprint density at radius 1 is 1.40 bits per heavy atom. The molecule has 1 saturated carbocycles. The highest BCUT2D eigenvalue weighted by molar-refractivity contribution is 5.52. The van der Waals surface area contributed by atoms with Gasteiger partial charge in [-0.2, -0.15) is 4.98 Å². The van der Waals surface area contributed by atoms with Crippen LogP contribution >= 0.6 is 0 Å². The first kappa shape index (κ1) is 8.55. The molecule has 5 heteroatoms. The van der Waals surface area contributed by atoms with Crippen LogP contribution < -0.4 is 5.73 Å². The van der Waals surface area contributed by atoms with Gasteiger partial charge in [-0.1, -0.05) is 5.16 Å². The van der Waals surface area contributed by atoms with Gasteiger partial charge >= 0.3 is 0 Å². The molecule has 2 heterocycles. The van der Waals surface area contributed by atoms with Crippen molar-refractivity contribution in [1.29, 1.82) is 0 Å². The van der Waals surface area contributed by atoms with Crippen molar-refractivity contribution in [2.75, 3.05) is 0 Å². The van der Waals surface area contributed by atoms with Gasteiger partial charge in [-0.25, -0.2) is 0 Å². The first-order chi connectivity index (χ1) is 7.28. The van der Waals surface area contributed by atoms with E-state index < -0.39 is 0 Å². The van der Waals surface area contributed by atoms with Crippen LogP contribution in [0.4, 0.5) is 0 Å². The van der Waals surface area contributed by atoms with E-state index in [9.17, 15) is 0 Å². The van der Waals surface area contributed by atoms with Crippen LogP contribution in [0.15, 0.2) is 29.0 Å². The minimum Gasteiger partial charge on any atom is -0.337 e. The van der Waals surface area contributed by atoms with E-state index in [-0.39, 0.29) is 5.54 Å². The number of nitrogens with zero attached hydrogens (tertiary/aromatic N) is 3. The Bertz CT molecular complexity index is 475. The van der Waals surface area contributed by atoms with Gasteiger partial charge in [-0.3, -0.25) is 4.98 Å². The van der Waals surface area contributed by atoms with E-state index in [4.69, 9.17) is 10.3 Å². The maximum atomic E-state index is 5.95. The highest BCUT2D eigenvalue weighted by atomic mass is 16.5. The van der Waals surface area contributed by atoms with Crippen molar-refractivity contribution < 1.29 is 4.52 Å². The molecule has 0 spiro atoms. The number of nitrogens with two attached hydrogens (primary N) is 1. The normalized spacial score (nSPS) is 17.7. The fourth-order valence-electron chi connectivity index (χ4n) is 1.39. The summed E-state index contributed by atoms with van der Waals surface area (Å²) < 4.78 is 5.13. The summed E-state index contributed by atoms with van der Waals surface area (Å²) in [4.78, 5) is 8.27. The molecule has 2 N–H and O–H groups in total. The summed E-state index contributed by atoms with van der Waals surface area (Å²) in [6.07, 6.45) is 5.24. The Balaban J connectivity index is 1.97. The van der Waals surface area contributed by atoms with Gasteiger partial charge in [-0.05, 0) is 25.0 Å². The van der Waals surface area contributed by atoms with Crippen molar-refractivity contribution in [2.45, 2.75) is 18.4 Å². The van der Waals surface area contributed by atoms with Crippen LogP contribution in [0, 0.1) is 0 Å². The molecule has 1 aliphatic rings. The molecule has 0 atom stereocenters. The van der Waals surface area contributed by atoms with Crippen LogP contribution in [0.25, 0.3) is 11.4 Å². The summed E-state index contributed by atoms with van der Waals surface area (Å²) in [7, 11) is 0. The van der Waals surface area contributed by atoms with Crippen molar-refractivity contribution >= 4 is 0 Å². The van der Waals surface area contributed by atoms with Crippen molar-refractivity contribution in [3.8, 4) is 11.4 Å². The fourth-order valence-corrected chi connectivity index (χ4v) is 1.39. The quantitative estimate of drug-likeness (QED) is 0.788. The lowest BCUT2D eigenvalue weighted by atomic mass is 10.2. The number of rotatable bonds is 2. The summed E-state index contributed by atoms with van der Waals surface area (Å²) in [5.41, 5.74) is 6.42. The third-order valence-electron chi connectivity index (χ3n) is 2.56. The van der Waals surface area contributed by atoms with E-state index in [0.717, 1.165) is 18.4 Å². The summed E-state index contributed by atoms with van der Waals surface area (Å²) in [6.45, 7) is 0. The Morgan fingerprint density at radius 2 is 2.27 bits per heavy atom. The van der Waals surface area contributed by atoms with E-state index in [1.807, 2.05) is 12.1 Å². The lowest BCUT2D eigenvalue weighted by molar-refractivity contribution is 0.348. The largest absolute Gasteiger partial charge is 0.337 e. The van der Waals surface area contributed by atoms with Crippen molar-refractivity contribution in [3.05, 3.63) is 30.4 Å². The minimum atomic E-state index is -0.368. The molecule has 2 aromatic rings. The molecule has 1 aliphatic carbocycles. The molecule has 0 bridgehead atoms. The maximum Gasteiger partial charge on any atom is 0.247 e. The Morgan fingerprint density at radius 3 is 2.93 bits per heavy atom. The molecule has 0 unspecified atom stereocenters. The highest BCUT2D eigenvalue weighted by Gasteiger charge is 2.45. The number of aromatic nitrogens is 3. The number of hydrogen-bond acceptors (Lipinski definition) is 5. The lowest BCUT2D eigenvalue weighted by Gasteiger charge is -1.97. The smallest absolute Gasteiger partial charge is 0.247 e. The zero-order valence-corrected chi connectivity index (χ0v) is 8.05. The first-order valence-electron chi connectivity index (χ1n) is 4.81. The molecule has 15 heavy (non-hydrogen) atoms. The van der Waals surface area contributed by atoms with Crippen molar-refractivity contribution in [3.63, 3.8) is 0 Å². The van der Waals surface area contributed by atoms with Gasteiger partial charge in [-0.15, -0.1) is 0 Å². The van der Waals surface area contributed by atoms with E-state index in [0.29, 0.717) is 11.7 Å². The van der Waals surface area contributed by atoms with Gasteiger partial charge in [0.15, 0.2) is 0 Å². The zero-order chi connectivity index (χ0) is 10.3. The molecular weight excluding hydrogens is 192 g/mol. The monoisotopic (exact) mass is 202 g/mol. The standard InChI is InChI=1S/C10H10N4O/c11-10(3-4-10)9-13-8(14-15-9)7-2-1-5-12-6-7/h1-2,5-6H,3-4,11H2. The predicted molar refractivity (Wildman–Crippen MR) is 52.6 cm³/mol. The molecule has 1 fully saturated rings. The van der Waals surface area contributed by atoms with Crippen LogP contribution in [-0.4, -0.2) is 15.1 Å². The predicted octanol–water partition coefficient (Wildman–Crippen LogP) is 1.08. The van der Waals surface area contributed by atoms with Gasteiger partial charge in [0.2, 0.25) is 11.7 Å². The van der Waals surface area contributed by atoms with Gasteiger partial charge in [0, 0.05) is 18.0 Å². The summed E-state index contributed by atoms with van der Waals surface area (Å²) >= 11 is 0. The van der Waals surface area contributed by atoms with Gasteiger partial charge in [0.05, 0.1) is 5.54 Å². The van der Waals surface area contributed by atoms with Gasteiger partial charge in [0.25, 0.3) is 0 Å². The highest BCUT2D eigenvalue weighted by Crippen LogP contribution is 2.41. The SMILES string of the molecule is NC1(c2nc(-c3cccnc3)no2)CC1. The van der Waals surface area contributed by atoms with Crippen LogP contribution in [0.3, 0.4) is 0 Å². The van der Waals surface area contributed by atoms with E-state index >= 15 is 0 Å². The molecule has 0 radical (unpaired) electrons. The van der Waals surface area contributed by atoms with Gasteiger partial charge in [0.1, 0.15) is 0 Å². The Kier molecular flexibility index (Phi) is 1.63. The lowest BCUT2D eigenvalue weighted by Crippen LogP contribution is -2.18.